The highest BCUT2D eigenvalue weighted by molar-refractivity contribution is 7.07. The van der Waals surface area contributed by atoms with Gasteiger partial charge in [0, 0.05) is 6.61 Å². The van der Waals surface area contributed by atoms with E-state index < -0.39 is 0 Å². The molecule has 1 unspecified atom stereocenters. The Morgan fingerprint density at radius 1 is 1.54 bits per heavy atom. The average Bonchev–Trinajstić information content (AvgIpc) is 2.67. The van der Waals surface area contributed by atoms with Crippen molar-refractivity contribution >= 4 is 11.3 Å². The second kappa shape index (κ2) is 4.77. The molecule has 0 spiro atoms. The Morgan fingerprint density at radius 2 is 2.31 bits per heavy atom. The average molecular weight is 198 g/mol. The van der Waals surface area contributed by atoms with Gasteiger partial charge in [-0.05, 0) is 47.1 Å². The third-order valence-corrected chi connectivity index (χ3v) is 3.56. The zero-order valence-electron chi connectivity index (χ0n) is 8.42. The van der Waals surface area contributed by atoms with E-state index in [-0.39, 0.29) is 5.41 Å². The summed E-state index contributed by atoms with van der Waals surface area (Å²) in [5.41, 5.74) is 1.51. The predicted molar refractivity (Wildman–Crippen MR) is 58.1 cm³/mol. The van der Waals surface area contributed by atoms with Crippen molar-refractivity contribution in [3.8, 4) is 0 Å². The van der Waals surface area contributed by atoms with Crippen LogP contribution in [-0.2, 0) is 6.42 Å². The standard InChI is InChI=1S/C11H18OS/c1-3-11(2,9-12)6-4-10-5-7-13-8-10/h5,7-8,12H,3-4,6,9H2,1-2H3. The van der Waals surface area contributed by atoms with Crippen molar-refractivity contribution in [1.29, 1.82) is 0 Å². The van der Waals surface area contributed by atoms with E-state index in [2.05, 4.69) is 30.7 Å². The minimum absolute atomic E-state index is 0.113. The number of hydrogen-bond donors (Lipinski definition) is 1. The maximum absolute atomic E-state index is 9.22. The first-order valence-corrected chi connectivity index (χ1v) is 5.76. The molecule has 0 fully saturated rings. The smallest absolute Gasteiger partial charge is 0.0484 e. The van der Waals surface area contributed by atoms with Crippen molar-refractivity contribution in [3.05, 3.63) is 22.4 Å². The van der Waals surface area contributed by atoms with Crippen LogP contribution in [-0.4, -0.2) is 11.7 Å². The van der Waals surface area contributed by atoms with Gasteiger partial charge in [0.15, 0.2) is 0 Å². The lowest BCUT2D eigenvalue weighted by molar-refractivity contribution is 0.128. The van der Waals surface area contributed by atoms with Crippen LogP contribution in [0.5, 0.6) is 0 Å². The molecule has 1 nitrogen and oxygen atoms in total. The Bertz CT molecular complexity index is 224. The monoisotopic (exact) mass is 198 g/mol. The summed E-state index contributed by atoms with van der Waals surface area (Å²) in [5, 5.41) is 13.5. The summed E-state index contributed by atoms with van der Waals surface area (Å²) in [6.07, 6.45) is 3.22. The number of hydrogen-bond acceptors (Lipinski definition) is 2. The van der Waals surface area contributed by atoms with Crippen LogP contribution in [0.25, 0.3) is 0 Å². The molecule has 1 N–H and O–H groups in total. The second-order valence-corrected chi connectivity index (χ2v) is 4.73. The van der Waals surface area contributed by atoms with Gasteiger partial charge in [-0.2, -0.15) is 11.3 Å². The van der Waals surface area contributed by atoms with E-state index in [0.29, 0.717) is 6.61 Å². The Morgan fingerprint density at radius 3 is 2.77 bits per heavy atom. The van der Waals surface area contributed by atoms with Crippen molar-refractivity contribution in [1.82, 2.24) is 0 Å². The van der Waals surface area contributed by atoms with Crippen molar-refractivity contribution in [2.45, 2.75) is 33.1 Å². The Hall–Kier alpha value is -0.340. The fourth-order valence-corrected chi connectivity index (χ4v) is 1.95. The van der Waals surface area contributed by atoms with Crippen molar-refractivity contribution < 1.29 is 5.11 Å². The van der Waals surface area contributed by atoms with E-state index in [9.17, 15) is 5.11 Å². The molecule has 13 heavy (non-hydrogen) atoms. The summed E-state index contributed by atoms with van der Waals surface area (Å²) in [6, 6.07) is 2.16. The molecule has 1 rings (SSSR count). The summed E-state index contributed by atoms with van der Waals surface area (Å²) in [5.74, 6) is 0. The van der Waals surface area contributed by atoms with E-state index in [0.717, 1.165) is 19.3 Å². The maximum atomic E-state index is 9.22. The number of aliphatic hydroxyl groups is 1. The molecule has 0 saturated carbocycles. The van der Waals surface area contributed by atoms with Gasteiger partial charge in [0.25, 0.3) is 0 Å². The molecule has 1 aromatic rings. The van der Waals surface area contributed by atoms with Gasteiger partial charge < -0.3 is 5.11 Å². The highest BCUT2D eigenvalue weighted by atomic mass is 32.1. The highest BCUT2D eigenvalue weighted by Crippen LogP contribution is 2.27. The molecule has 0 aliphatic rings. The van der Waals surface area contributed by atoms with Gasteiger partial charge in [-0.1, -0.05) is 13.8 Å². The maximum Gasteiger partial charge on any atom is 0.0484 e. The van der Waals surface area contributed by atoms with Crippen LogP contribution >= 0.6 is 11.3 Å². The van der Waals surface area contributed by atoms with Gasteiger partial charge in [-0.15, -0.1) is 0 Å². The molecule has 0 aliphatic carbocycles. The molecule has 0 radical (unpaired) electrons. The summed E-state index contributed by atoms with van der Waals surface area (Å²) in [4.78, 5) is 0. The molecular formula is C11H18OS. The minimum Gasteiger partial charge on any atom is -0.396 e. The summed E-state index contributed by atoms with van der Waals surface area (Å²) in [6.45, 7) is 4.59. The van der Waals surface area contributed by atoms with Crippen molar-refractivity contribution in [2.75, 3.05) is 6.61 Å². The fourth-order valence-electron chi connectivity index (χ4n) is 1.25. The van der Waals surface area contributed by atoms with Crippen molar-refractivity contribution in [2.24, 2.45) is 5.41 Å². The molecular weight excluding hydrogens is 180 g/mol. The molecule has 74 valence electrons. The topological polar surface area (TPSA) is 20.2 Å². The zero-order chi connectivity index (χ0) is 9.73. The van der Waals surface area contributed by atoms with Gasteiger partial charge in [0.1, 0.15) is 0 Å². The van der Waals surface area contributed by atoms with Crippen molar-refractivity contribution in [3.63, 3.8) is 0 Å². The lowest BCUT2D eigenvalue weighted by Crippen LogP contribution is -2.20. The first-order chi connectivity index (χ1) is 6.20. The van der Waals surface area contributed by atoms with Crippen LogP contribution < -0.4 is 0 Å². The molecule has 1 heterocycles. The van der Waals surface area contributed by atoms with Gasteiger partial charge >= 0.3 is 0 Å². The molecule has 0 amide bonds. The van der Waals surface area contributed by atoms with Crippen LogP contribution in [0.2, 0.25) is 0 Å². The summed E-state index contributed by atoms with van der Waals surface area (Å²) in [7, 11) is 0. The van der Waals surface area contributed by atoms with E-state index in [4.69, 9.17) is 0 Å². The van der Waals surface area contributed by atoms with Gasteiger partial charge in [-0.25, -0.2) is 0 Å². The Labute approximate surface area is 84.4 Å². The normalized spacial score (nSPS) is 15.6. The number of aryl methyl sites for hydroxylation is 1. The lowest BCUT2D eigenvalue weighted by Gasteiger charge is -2.25. The molecule has 1 aromatic heterocycles. The molecule has 0 saturated heterocycles. The van der Waals surface area contributed by atoms with Crippen LogP contribution in [0.1, 0.15) is 32.3 Å². The molecule has 0 aliphatic heterocycles. The lowest BCUT2D eigenvalue weighted by atomic mass is 9.83. The van der Waals surface area contributed by atoms with Gasteiger partial charge in [-0.3, -0.25) is 0 Å². The third-order valence-electron chi connectivity index (χ3n) is 2.83. The van der Waals surface area contributed by atoms with E-state index in [1.54, 1.807) is 11.3 Å². The quantitative estimate of drug-likeness (QED) is 0.771. The number of thiophene rings is 1. The zero-order valence-corrected chi connectivity index (χ0v) is 9.23. The molecule has 2 heteroatoms. The fraction of sp³-hybridized carbons (Fsp3) is 0.636. The number of aliphatic hydroxyl groups excluding tert-OH is 1. The Kier molecular flexibility index (Phi) is 3.94. The third kappa shape index (κ3) is 3.12. The van der Waals surface area contributed by atoms with E-state index in [1.807, 2.05) is 0 Å². The SMILES string of the molecule is CCC(C)(CO)CCc1ccsc1. The first kappa shape index (κ1) is 10.7. The molecule has 1 atom stereocenters. The number of rotatable bonds is 5. The second-order valence-electron chi connectivity index (χ2n) is 3.95. The Balaban J connectivity index is 2.41. The molecule has 0 bridgehead atoms. The largest absolute Gasteiger partial charge is 0.396 e. The van der Waals surface area contributed by atoms with Crippen LogP contribution in [0.15, 0.2) is 16.8 Å². The predicted octanol–water partition coefficient (Wildman–Crippen LogP) is 3.09. The highest BCUT2D eigenvalue weighted by Gasteiger charge is 2.20. The minimum atomic E-state index is 0.113. The van der Waals surface area contributed by atoms with E-state index in [1.165, 1.54) is 5.56 Å². The van der Waals surface area contributed by atoms with Gasteiger partial charge in [0.05, 0.1) is 0 Å². The molecule has 0 aromatic carbocycles. The van der Waals surface area contributed by atoms with E-state index >= 15 is 0 Å². The van der Waals surface area contributed by atoms with Crippen LogP contribution in [0, 0.1) is 5.41 Å². The van der Waals surface area contributed by atoms with Gasteiger partial charge in [0.2, 0.25) is 0 Å². The van der Waals surface area contributed by atoms with Crippen LogP contribution in [0.4, 0.5) is 0 Å². The van der Waals surface area contributed by atoms with Crippen LogP contribution in [0.3, 0.4) is 0 Å². The summed E-state index contributed by atoms with van der Waals surface area (Å²) >= 11 is 1.74. The first-order valence-electron chi connectivity index (χ1n) is 4.82. The summed E-state index contributed by atoms with van der Waals surface area (Å²) < 4.78 is 0.